The zero-order chi connectivity index (χ0) is 21.7. The van der Waals surface area contributed by atoms with Crippen LogP contribution in [0.15, 0.2) is 79.1 Å². The van der Waals surface area contributed by atoms with Crippen LogP contribution >= 0.6 is 12.2 Å². The molecule has 3 aromatic rings. The Morgan fingerprint density at radius 1 is 0.967 bits per heavy atom. The van der Waals surface area contributed by atoms with E-state index in [1.807, 2.05) is 83.7 Å². The van der Waals surface area contributed by atoms with Crippen molar-refractivity contribution in [2.75, 3.05) is 12.4 Å². The molecule has 0 unspecified atom stereocenters. The fraction of sp³-hybridized carbons (Fsp3) is 0.200. The van der Waals surface area contributed by atoms with Crippen LogP contribution in [-0.2, 0) is 5.41 Å². The van der Waals surface area contributed by atoms with Crippen LogP contribution < -0.4 is 14.6 Å². The molecule has 0 saturated carbocycles. The Labute approximate surface area is 183 Å². The Bertz CT molecular complexity index is 1050. The predicted molar refractivity (Wildman–Crippen MR) is 127 cm³/mol. The predicted octanol–water partition coefficient (Wildman–Crippen LogP) is 5.60. The number of hydrogen-bond donors (Lipinski definition) is 2. The molecule has 2 N–H and O–H groups in total. The van der Waals surface area contributed by atoms with Gasteiger partial charge in [0.2, 0.25) is 0 Å². The topological polar surface area (TPSA) is 45.4 Å². The molecular weight excluding hydrogens is 392 g/mol. The third-order valence-corrected chi connectivity index (χ3v) is 5.06. The van der Waals surface area contributed by atoms with Crippen molar-refractivity contribution in [2.45, 2.75) is 26.2 Å². The maximum absolute atomic E-state index is 11.2. The highest BCUT2D eigenvalue weighted by Crippen LogP contribution is 2.25. The van der Waals surface area contributed by atoms with Crippen LogP contribution in [0.5, 0.6) is 5.75 Å². The van der Waals surface area contributed by atoms with Crippen LogP contribution in [0.3, 0.4) is 0 Å². The van der Waals surface area contributed by atoms with Crippen LogP contribution in [-0.4, -0.2) is 17.2 Å². The van der Waals surface area contributed by atoms with Crippen LogP contribution in [0.1, 0.15) is 31.9 Å². The van der Waals surface area contributed by atoms with Crippen molar-refractivity contribution in [3.63, 3.8) is 0 Å². The Kier molecular flexibility index (Phi) is 6.53. The standard InChI is InChI=1S/C25H26N2O2S/c1-25(2,3)19-13-11-18(12-14-19)23(28)22(27-15-6-5-7-16-27)24(30)26-20-9-8-10-21(17-20)29-4/h5-17H,1-4H3,(H-,26,28,30)/p+1. The third kappa shape index (κ3) is 5.05. The van der Waals surface area contributed by atoms with Crippen molar-refractivity contribution in [3.8, 4) is 5.75 Å². The molecule has 154 valence electrons. The van der Waals surface area contributed by atoms with E-state index >= 15 is 0 Å². The smallest absolute Gasteiger partial charge is 0.288 e. The van der Waals surface area contributed by atoms with E-state index in [1.165, 1.54) is 5.56 Å². The Morgan fingerprint density at radius 2 is 1.63 bits per heavy atom. The molecule has 0 aliphatic heterocycles. The molecule has 0 bridgehead atoms. The maximum atomic E-state index is 11.2. The lowest BCUT2D eigenvalue weighted by molar-refractivity contribution is -0.575. The summed E-state index contributed by atoms with van der Waals surface area (Å²) in [5, 5.41) is 14.4. The number of aliphatic hydroxyl groups excluding tert-OH is 1. The summed E-state index contributed by atoms with van der Waals surface area (Å²) >= 11 is 5.69. The molecule has 0 amide bonds. The summed E-state index contributed by atoms with van der Waals surface area (Å²) in [6.07, 6.45) is 3.71. The van der Waals surface area contributed by atoms with Gasteiger partial charge in [-0.05, 0) is 23.1 Å². The van der Waals surface area contributed by atoms with Gasteiger partial charge in [-0.2, -0.15) is 4.57 Å². The van der Waals surface area contributed by atoms with Crippen molar-refractivity contribution >= 4 is 34.3 Å². The van der Waals surface area contributed by atoms with Crippen molar-refractivity contribution in [1.82, 2.24) is 0 Å². The molecule has 1 heterocycles. The molecule has 30 heavy (non-hydrogen) atoms. The van der Waals surface area contributed by atoms with Crippen LogP contribution in [0.2, 0.25) is 0 Å². The molecule has 1 aromatic heterocycles. The fourth-order valence-electron chi connectivity index (χ4n) is 3.05. The molecule has 0 spiro atoms. The first-order valence-corrected chi connectivity index (χ1v) is 10.2. The number of aromatic nitrogens is 1. The molecule has 0 radical (unpaired) electrons. The first-order chi connectivity index (χ1) is 14.3. The fourth-order valence-corrected chi connectivity index (χ4v) is 3.37. The number of ether oxygens (including phenoxy) is 1. The van der Waals surface area contributed by atoms with E-state index in [1.54, 1.807) is 7.11 Å². The van der Waals surface area contributed by atoms with Gasteiger partial charge >= 0.3 is 0 Å². The summed E-state index contributed by atoms with van der Waals surface area (Å²) < 4.78 is 7.10. The summed E-state index contributed by atoms with van der Waals surface area (Å²) in [4.78, 5) is 0.400. The minimum Gasteiger partial charge on any atom is -0.502 e. The quantitative estimate of drug-likeness (QED) is 0.244. The first kappa shape index (κ1) is 21.5. The summed E-state index contributed by atoms with van der Waals surface area (Å²) in [5.74, 6) is 0.828. The highest BCUT2D eigenvalue weighted by molar-refractivity contribution is 7.81. The van der Waals surface area contributed by atoms with E-state index in [-0.39, 0.29) is 11.2 Å². The number of aliphatic hydroxyl groups is 1. The van der Waals surface area contributed by atoms with Gasteiger partial charge in [-0.15, -0.1) is 0 Å². The number of nitrogens with one attached hydrogen (secondary N) is 1. The maximum Gasteiger partial charge on any atom is 0.288 e. The Hall–Kier alpha value is -3.18. The number of benzene rings is 2. The summed E-state index contributed by atoms with van der Waals surface area (Å²) in [6, 6.07) is 21.1. The lowest BCUT2D eigenvalue weighted by atomic mass is 9.86. The monoisotopic (exact) mass is 419 g/mol. The zero-order valence-electron chi connectivity index (χ0n) is 17.7. The highest BCUT2D eigenvalue weighted by atomic mass is 32.1. The van der Waals surface area contributed by atoms with E-state index < -0.39 is 0 Å². The van der Waals surface area contributed by atoms with Crippen LogP contribution in [0.4, 0.5) is 5.69 Å². The second-order valence-corrected chi connectivity index (χ2v) is 8.40. The number of nitrogens with zero attached hydrogens (tertiary/aromatic N) is 1. The lowest BCUT2D eigenvalue weighted by Crippen LogP contribution is -2.38. The first-order valence-electron chi connectivity index (χ1n) is 9.76. The molecule has 5 heteroatoms. The van der Waals surface area contributed by atoms with Gasteiger partial charge in [0.05, 0.1) is 7.11 Å². The van der Waals surface area contributed by atoms with Gasteiger partial charge in [0, 0.05) is 29.4 Å². The van der Waals surface area contributed by atoms with E-state index in [2.05, 4.69) is 26.1 Å². The number of pyridine rings is 1. The van der Waals surface area contributed by atoms with Gasteiger partial charge in [0.15, 0.2) is 23.1 Å². The van der Waals surface area contributed by atoms with E-state index in [9.17, 15) is 5.11 Å². The molecule has 4 nitrogen and oxygen atoms in total. The Balaban J connectivity index is 2.02. The second kappa shape index (κ2) is 9.09. The molecular formula is C25H27N2O2S+. The van der Waals surface area contributed by atoms with Crippen molar-refractivity contribution in [3.05, 3.63) is 90.3 Å². The molecule has 0 saturated heterocycles. The van der Waals surface area contributed by atoms with Crippen LogP contribution in [0.25, 0.3) is 11.5 Å². The second-order valence-electron chi connectivity index (χ2n) is 7.99. The molecule has 0 aliphatic carbocycles. The zero-order valence-corrected chi connectivity index (χ0v) is 18.5. The average Bonchev–Trinajstić information content (AvgIpc) is 2.74. The summed E-state index contributed by atoms with van der Waals surface area (Å²) in [7, 11) is 1.62. The van der Waals surface area contributed by atoms with Gasteiger partial charge < -0.3 is 15.2 Å². The van der Waals surface area contributed by atoms with Crippen molar-refractivity contribution < 1.29 is 14.4 Å². The minimum absolute atomic E-state index is 0.0398. The normalized spacial score (nSPS) is 12.1. The largest absolute Gasteiger partial charge is 0.502 e. The number of hydrogen-bond acceptors (Lipinski definition) is 3. The van der Waals surface area contributed by atoms with Gasteiger partial charge in [-0.1, -0.05) is 69.4 Å². The van der Waals surface area contributed by atoms with Crippen molar-refractivity contribution in [1.29, 1.82) is 0 Å². The molecule has 0 atom stereocenters. The summed E-state index contributed by atoms with van der Waals surface area (Å²) in [6.45, 7) is 6.49. The van der Waals surface area contributed by atoms with Gasteiger partial charge in [-0.25, -0.2) is 0 Å². The number of methoxy groups -OCH3 is 1. The van der Waals surface area contributed by atoms with E-state index in [0.717, 1.165) is 11.4 Å². The number of anilines is 1. The van der Waals surface area contributed by atoms with E-state index in [0.29, 0.717) is 16.2 Å². The van der Waals surface area contributed by atoms with Gasteiger partial charge in [0.1, 0.15) is 5.75 Å². The van der Waals surface area contributed by atoms with Crippen molar-refractivity contribution in [2.24, 2.45) is 0 Å². The third-order valence-electron chi connectivity index (χ3n) is 4.77. The SMILES string of the molecule is COc1cccc(NC(=S)/C(=C(/O)c2ccc(C(C)(C)C)cc2)[n+]2ccccc2)c1. The average molecular weight is 420 g/mol. The van der Waals surface area contributed by atoms with E-state index in [4.69, 9.17) is 17.0 Å². The molecule has 2 aromatic carbocycles. The summed E-state index contributed by atoms with van der Waals surface area (Å²) in [5.41, 5.74) is 3.22. The number of rotatable bonds is 5. The van der Waals surface area contributed by atoms with Crippen LogP contribution in [0, 0.1) is 0 Å². The molecule has 0 fully saturated rings. The highest BCUT2D eigenvalue weighted by Gasteiger charge is 2.24. The van der Waals surface area contributed by atoms with Gasteiger partial charge in [0.25, 0.3) is 5.70 Å². The molecule has 0 aliphatic rings. The minimum atomic E-state index is 0.0398. The van der Waals surface area contributed by atoms with Gasteiger partial charge in [-0.3, -0.25) is 0 Å². The number of thiocarbonyl (C=S) groups is 1. The lowest BCUT2D eigenvalue weighted by Gasteiger charge is -2.19. The molecule has 3 rings (SSSR count). The Morgan fingerprint density at radius 3 is 2.23 bits per heavy atom.